The summed E-state index contributed by atoms with van der Waals surface area (Å²) >= 11 is 0.850. The van der Waals surface area contributed by atoms with Gasteiger partial charge in [-0.05, 0) is 39.0 Å². The molecule has 0 aliphatic heterocycles. The topological polar surface area (TPSA) is 144 Å². The highest BCUT2D eigenvalue weighted by Gasteiger charge is 2.17. The number of nitrogens with zero attached hydrogens (tertiary/aromatic N) is 4. The minimum Gasteiger partial charge on any atom is -0.755 e. The Bertz CT molecular complexity index is 1210. The van der Waals surface area contributed by atoms with E-state index in [0.29, 0.717) is 39.0 Å². The Hall–Kier alpha value is -3.13. The predicted octanol–water partition coefficient (Wildman–Crippen LogP) is 3.65. The van der Waals surface area contributed by atoms with Crippen LogP contribution < -0.4 is 20.4 Å². The highest BCUT2D eigenvalue weighted by molar-refractivity contribution is 9.10. The van der Waals surface area contributed by atoms with Gasteiger partial charge in [-0.15, -0.1) is 0 Å². The number of carbonyl (C=O) groups is 1. The van der Waals surface area contributed by atoms with Gasteiger partial charge in [-0.3, -0.25) is 13.8 Å². The van der Waals surface area contributed by atoms with Crippen LogP contribution in [0.25, 0.3) is 0 Å². The standard InChI is InChI=1S/C21H24BrN7O4S/c1-5-33-28-21(30)15-11-23-19(27-20-8-12(2)24-13(3)25-20)10-17(15)26-16-7-6-14(22)9-18(16)29(4)34(31)32/h6-11H,5H2,1-4H3,(H,28,30)(H,31,32)(H2,23,24,25,26,27)/p-1. The van der Waals surface area contributed by atoms with Crippen molar-refractivity contribution in [3.8, 4) is 0 Å². The van der Waals surface area contributed by atoms with Crippen molar-refractivity contribution >= 4 is 61.8 Å². The van der Waals surface area contributed by atoms with Gasteiger partial charge < -0.3 is 19.5 Å². The molecule has 1 aromatic carbocycles. The molecule has 2 aromatic heterocycles. The number of benzene rings is 1. The number of aromatic nitrogens is 3. The molecule has 0 fully saturated rings. The molecule has 1 atom stereocenters. The number of carbonyl (C=O) groups excluding carboxylic acids is 1. The molecule has 0 bridgehead atoms. The minimum absolute atomic E-state index is 0.189. The number of hydrogen-bond acceptors (Lipinski definition) is 9. The summed E-state index contributed by atoms with van der Waals surface area (Å²) in [5.41, 5.74) is 4.51. The summed E-state index contributed by atoms with van der Waals surface area (Å²) in [4.78, 5) is 30.6. The molecule has 34 heavy (non-hydrogen) atoms. The molecular formula is C21H23BrN7O4S-. The van der Waals surface area contributed by atoms with Gasteiger partial charge in [0, 0.05) is 46.8 Å². The van der Waals surface area contributed by atoms with Crippen molar-refractivity contribution < 1.29 is 18.4 Å². The first-order valence-electron chi connectivity index (χ1n) is 10.1. The molecule has 0 spiro atoms. The molecule has 180 valence electrons. The lowest BCUT2D eigenvalue weighted by atomic mass is 10.2. The molecule has 11 nitrogen and oxygen atoms in total. The van der Waals surface area contributed by atoms with E-state index in [1.165, 1.54) is 13.2 Å². The van der Waals surface area contributed by atoms with Crippen LogP contribution in [0, 0.1) is 13.8 Å². The maximum atomic E-state index is 12.7. The first-order chi connectivity index (χ1) is 16.2. The number of anilines is 5. The van der Waals surface area contributed by atoms with E-state index in [4.69, 9.17) is 4.84 Å². The fourth-order valence-electron chi connectivity index (χ4n) is 3.01. The lowest BCUT2D eigenvalue weighted by molar-refractivity contribution is 0.0365. The fourth-order valence-corrected chi connectivity index (χ4v) is 3.67. The molecule has 3 aromatic rings. The summed E-state index contributed by atoms with van der Waals surface area (Å²) in [5, 5.41) is 6.25. The molecule has 0 aliphatic carbocycles. The van der Waals surface area contributed by atoms with E-state index in [1.807, 2.05) is 6.92 Å². The fraction of sp³-hybridized carbons (Fsp3) is 0.238. The van der Waals surface area contributed by atoms with Gasteiger partial charge in [-0.25, -0.2) is 20.4 Å². The summed E-state index contributed by atoms with van der Waals surface area (Å²) in [7, 11) is 1.41. The number of nitrogens with one attached hydrogen (secondary N) is 3. The molecule has 1 amide bonds. The van der Waals surface area contributed by atoms with Gasteiger partial charge in [-0.2, -0.15) is 0 Å². The highest BCUT2D eigenvalue weighted by Crippen LogP contribution is 2.33. The van der Waals surface area contributed by atoms with E-state index >= 15 is 0 Å². The van der Waals surface area contributed by atoms with Crippen molar-refractivity contribution in [1.29, 1.82) is 0 Å². The molecule has 3 rings (SSSR count). The zero-order valence-corrected chi connectivity index (χ0v) is 21.3. The lowest BCUT2D eigenvalue weighted by Crippen LogP contribution is -2.25. The number of rotatable bonds is 9. The molecule has 3 N–H and O–H groups in total. The normalized spacial score (nSPS) is 11.6. The maximum absolute atomic E-state index is 12.7. The monoisotopic (exact) mass is 548 g/mol. The van der Waals surface area contributed by atoms with Crippen LogP contribution in [0.4, 0.5) is 28.7 Å². The summed E-state index contributed by atoms with van der Waals surface area (Å²) in [6, 6.07) is 8.47. The van der Waals surface area contributed by atoms with E-state index in [0.717, 1.165) is 10.00 Å². The summed E-state index contributed by atoms with van der Waals surface area (Å²) < 4.78 is 24.9. The van der Waals surface area contributed by atoms with Gasteiger partial charge in [0.1, 0.15) is 17.5 Å². The van der Waals surface area contributed by atoms with Gasteiger partial charge in [0.25, 0.3) is 5.91 Å². The van der Waals surface area contributed by atoms with Crippen LogP contribution in [-0.4, -0.2) is 43.3 Å². The van der Waals surface area contributed by atoms with Crippen molar-refractivity contribution in [2.45, 2.75) is 20.8 Å². The zero-order chi connectivity index (χ0) is 24.8. The Balaban J connectivity index is 2.03. The summed E-state index contributed by atoms with van der Waals surface area (Å²) in [6.07, 6.45) is 1.38. The Labute approximate surface area is 207 Å². The molecule has 0 saturated carbocycles. The van der Waals surface area contributed by atoms with Crippen LogP contribution in [0.15, 0.2) is 41.0 Å². The molecule has 2 heterocycles. The molecule has 1 unspecified atom stereocenters. The van der Waals surface area contributed by atoms with Crippen LogP contribution in [0.2, 0.25) is 0 Å². The quantitative estimate of drug-likeness (QED) is 0.269. The number of aryl methyl sites for hydroxylation is 2. The van der Waals surface area contributed by atoms with Crippen molar-refractivity contribution in [1.82, 2.24) is 20.4 Å². The third-order valence-corrected chi connectivity index (χ3v) is 5.61. The number of hydroxylamine groups is 1. The number of halogens is 1. The first-order valence-corrected chi connectivity index (χ1v) is 11.9. The van der Waals surface area contributed by atoms with Crippen LogP contribution >= 0.6 is 15.9 Å². The number of pyridine rings is 1. The summed E-state index contributed by atoms with van der Waals surface area (Å²) in [5.74, 6) is 1.03. The Morgan fingerprint density at radius 3 is 2.59 bits per heavy atom. The molecule has 13 heteroatoms. The number of hydrogen-bond donors (Lipinski definition) is 3. The van der Waals surface area contributed by atoms with E-state index in [1.54, 1.807) is 44.2 Å². The maximum Gasteiger partial charge on any atom is 0.278 e. The Morgan fingerprint density at radius 2 is 1.91 bits per heavy atom. The van der Waals surface area contributed by atoms with Crippen LogP contribution in [0.3, 0.4) is 0 Å². The Morgan fingerprint density at radius 1 is 1.15 bits per heavy atom. The second-order valence-electron chi connectivity index (χ2n) is 7.05. The van der Waals surface area contributed by atoms with Crippen molar-refractivity contribution in [3.63, 3.8) is 0 Å². The lowest BCUT2D eigenvalue weighted by Gasteiger charge is -2.25. The van der Waals surface area contributed by atoms with Crippen molar-refractivity contribution in [2.24, 2.45) is 0 Å². The molecule has 0 aliphatic rings. The zero-order valence-electron chi connectivity index (χ0n) is 18.9. The van der Waals surface area contributed by atoms with Crippen LogP contribution in [0.1, 0.15) is 28.8 Å². The van der Waals surface area contributed by atoms with Crippen molar-refractivity contribution in [3.05, 3.63) is 58.1 Å². The molecule has 0 saturated heterocycles. The van der Waals surface area contributed by atoms with Crippen molar-refractivity contribution in [2.75, 3.05) is 28.6 Å². The van der Waals surface area contributed by atoms with E-state index in [9.17, 15) is 13.6 Å². The third kappa shape index (κ3) is 6.47. The van der Waals surface area contributed by atoms with Crippen LogP contribution in [0.5, 0.6) is 0 Å². The highest BCUT2D eigenvalue weighted by atomic mass is 79.9. The van der Waals surface area contributed by atoms with Gasteiger partial charge in [0.2, 0.25) is 0 Å². The van der Waals surface area contributed by atoms with Gasteiger partial charge in [0.15, 0.2) is 0 Å². The van der Waals surface area contributed by atoms with Crippen LogP contribution in [-0.2, 0) is 16.1 Å². The van der Waals surface area contributed by atoms with E-state index in [-0.39, 0.29) is 12.2 Å². The van der Waals surface area contributed by atoms with E-state index < -0.39 is 17.2 Å². The predicted molar refractivity (Wildman–Crippen MR) is 133 cm³/mol. The smallest absolute Gasteiger partial charge is 0.278 e. The average molecular weight is 549 g/mol. The largest absolute Gasteiger partial charge is 0.755 e. The van der Waals surface area contributed by atoms with Gasteiger partial charge >= 0.3 is 0 Å². The van der Waals surface area contributed by atoms with Gasteiger partial charge in [0.05, 0.1) is 29.2 Å². The van der Waals surface area contributed by atoms with Gasteiger partial charge in [-0.1, -0.05) is 15.9 Å². The first kappa shape index (κ1) is 25.5. The van der Waals surface area contributed by atoms with E-state index in [2.05, 4.69) is 47.0 Å². The third-order valence-electron chi connectivity index (χ3n) is 4.47. The SMILES string of the molecule is CCONC(=O)c1cnc(Nc2cc(C)nc(C)n2)cc1Nc1ccc(Br)cc1N(C)S(=O)[O-]. The minimum atomic E-state index is -2.51. The second-order valence-corrected chi connectivity index (χ2v) is 8.94. The summed E-state index contributed by atoms with van der Waals surface area (Å²) in [6.45, 7) is 5.66. The molecular weight excluding hydrogens is 526 g/mol. The average Bonchev–Trinajstić information content (AvgIpc) is 2.77. The second kappa shape index (κ2) is 11.3. The Kier molecular flexibility index (Phi) is 8.50. The number of amides is 1. The molecule has 0 radical (unpaired) electrons.